The van der Waals surface area contributed by atoms with Crippen molar-refractivity contribution >= 4 is 29.4 Å². The number of rotatable bonds is 3. The van der Waals surface area contributed by atoms with Crippen LogP contribution in [0.2, 0.25) is 0 Å². The van der Waals surface area contributed by atoms with E-state index in [2.05, 4.69) is 22.5 Å². The van der Waals surface area contributed by atoms with Gasteiger partial charge in [-0.15, -0.1) is 0 Å². The molecular weight excluding hydrogens is 196 g/mol. The van der Waals surface area contributed by atoms with E-state index in [-0.39, 0.29) is 0 Å². The molecule has 0 amide bonds. The summed E-state index contributed by atoms with van der Waals surface area (Å²) in [7, 11) is 2.04. The van der Waals surface area contributed by atoms with E-state index in [1.807, 2.05) is 25.2 Å². The number of benzene rings is 1. The van der Waals surface area contributed by atoms with Crippen LogP contribution in [0.3, 0.4) is 0 Å². The summed E-state index contributed by atoms with van der Waals surface area (Å²) in [6, 6.07) is 5.99. The van der Waals surface area contributed by atoms with Crippen LogP contribution in [0.1, 0.15) is 0 Å². The van der Waals surface area contributed by atoms with Gasteiger partial charge in [0.15, 0.2) is 12.0 Å². The van der Waals surface area contributed by atoms with Crippen molar-refractivity contribution in [1.82, 2.24) is 4.98 Å². The van der Waals surface area contributed by atoms with Gasteiger partial charge in [0, 0.05) is 31.1 Å². The van der Waals surface area contributed by atoms with E-state index in [9.17, 15) is 0 Å². The normalized spacial score (nSPS) is 10.7. The first kappa shape index (κ1) is 9.40. The lowest BCUT2D eigenvalue weighted by Crippen LogP contribution is -2.19. The van der Waals surface area contributed by atoms with Crippen molar-refractivity contribution < 1.29 is 4.42 Å². The SMILES string of the molecule is CN(CCS)c1ccc2ncoc2c1. The smallest absolute Gasteiger partial charge is 0.181 e. The Bertz CT molecular complexity index is 427. The largest absolute Gasteiger partial charge is 0.443 e. The lowest BCUT2D eigenvalue weighted by Gasteiger charge is -2.17. The lowest BCUT2D eigenvalue weighted by molar-refractivity contribution is 0.602. The first-order valence-electron chi connectivity index (χ1n) is 4.46. The van der Waals surface area contributed by atoms with Gasteiger partial charge in [-0.05, 0) is 12.1 Å². The van der Waals surface area contributed by atoms with Crippen LogP contribution in [0, 0.1) is 0 Å². The highest BCUT2D eigenvalue weighted by Crippen LogP contribution is 2.20. The van der Waals surface area contributed by atoms with Crippen molar-refractivity contribution in [1.29, 1.82) is 0 Å². The molecule has 0 aliphatic heterocycles. The summed E-state index contributed by atoms with van der Waals surface area (Å²) in [5, 5.41) is 0. The fourth-order valence-electron chi connectivity index (χ4n) is 1.36. The maximum absolute atomic E-state index is 5.23. The molecule has 0 fully saturated rings. The van der Waals surface area contributed by atoms with E-state index in [0.717, 1.165) is 29.1 Å². The van der Waals surface area contributed by atoms with Gasteiger partial charge < -0.3 is 9.32 Å². The number of fused-ring (bicyclic) bond motifs is 1. The van der Waals surface area contributed by atoms with Gasteiger partial charge >= 0.3 is 0 Å². The Hall–Kier alpha value is -1.16. The summed E-state index contributed by atoms with van der Waals surface area (Å²) >= 11 is 4.19. The van der Waals surface area contributed by atoms with Crippen LogP contribution in [0.25, 0.3) is 11.1 Å². The Morgan fingerprint density at radius 3 is 3.14 bits per heavy atom. The maximum Gasteiger partial charge on any atom is 0.181 e. The van der Waals surface area contributed by atoms with E-state index in [4.69, 9.17) is 4.42 Å². The number of thiol groups is 1. The number of anilines is 1. The summed E-state index contributed by atoms with van der Waals surface area (Å²) in [4.78, 5) is 6.20. The Kier molecular flexibility index (Phi) is 2.63. The van der Waals surface area contributed by atoms with E-state index in [1.54, 1.807) is 0 Å². The van der Waals surface area contributed by atoms with Crippen molar-refractivity contribution in [3.05, 3.63) is 24.6 Å². The molecule has 0 saturated heterocycles. The molecule has 0 radical (unpaired) electrons. The molecule has 0 saturated carbocycles. The van der Waals surface area contributed by atoms with Gasteiger partial charge in [0.05, 0.1) is 0 Å². The first-order valence-corrected chi connectivity index (χ1v) is 5.10. The van der Waals surface area contributed by atoms with Crippen LogP contribution in [-0.2, 0) is 0 Å². The minimum absolute atomic E-state index is 0.827. The first-order chi connectivity index (χ1) is 6.81. The van der Waals surface area contributed by atoms with Gasteiger partial charge in [-0.3, -0.25) is 0 Å². The molecule has 0 spiro atoms. The van der Waals surface area contributed by atoms with Crippen LogP contribution < -0.4 is 4.90 Å². The van der Waals surface area contributed by atoms with Crippen molar-refractivity contribution in [2.75, 3.05) is 24.2 Å². The molecule has 74 valence electrons. The average Bonchev–Trinajstić information content (AvgIpc) is 2.64. The minimum atomic E-state index is 0.827. The van der Waals surface area contributed by atoms with E-state index in [1.165, 1.54) is 6.39 Å². The fraction of sp³-hybridized carbons (Fsp3) is 0.300. The second-order valence-electron chi connectivity index (χ2n) is 3.15. The molecule has 14 heavy (non-hydrogen) atoms. The van der Waals surface area contributed by atoms with Crippen LogP contribution in [-0.4, -0.2) is 24.3 Å². The second-order valence-corrected chi connectivity index (χ2v) is 3.60. The molecule has 1 aromatic carbocycles. The molecule has 0 aliphatic carbocycles. The molecular formula is C10H12N2OS. The molecule has 1 heterocycles. The van der Waals surface area contributed by atoms with Gasteiger partial charge in [0.2, 0.25) is 0 Å². The van der Waals surface area contributed by atoms with Gasteiger partial charge in [-0.25, -0.2) is 4.98 Å². The highest BCUT2D eigenvalue weighted by molar-refractivity contribution is 7.80. The van der Waals surface area contributed by atoms with Crippen LogP contribution in [0.15, 0.2) is 29.0 Å². The van der Waals surface area contributed by atoms with Crippen molar-refractivity contribution in [2.24, 2.45) is 0 Å². The number of nitrogens with zero attached hydrogens (tertiary/aromatic N) is 2. The standard InChI is InChI=1S/C10H12N2OS/c1-12(4-5-14)8-2-3-9-10(6-8)13-7-11-9/h2-3,6-7,14H,4-5H2,1H3. The molecule has 2 rings (SSSR count). The van der Waals surface area contributed by atoms with Crippen LogP contribution in [0.4, 0.5) is 5.69 Å². The zero-order chi connectivity index (χ0) is 9.97. The van der Waals surface area contributed by atoms with E-state index >= 15 is 0 Å². The average molecular weight is 208 g/mol. The number of hydrogen-bond acceptors (Lipinski definition) is 4. The number of oxazole rings is 1. The number of aromatic nitrogens is 1. The Labute approximate surface area is 88.1 Å². The molecule has 0 unspecified atom stereocenters. The van der Waals surface area contributed by atoms with Crippen molar-refractivity contribution in [3.63, 3.8) is 0 Å². The molecule has 0 aliphatic rings. The lowest BCUT2D eigenvalue weighted by atomic mass is 10.2. The third-order valence-corrected chi connectivity index (χ3v) is 2.39. The molecule has 0 N–H and O–H groups in total. The van der Waals surface area contributed by atoms with E-state index < -0.39 is 0 Å². The third-order valence-electron chi connectivity index (χ3n) is 2.19. The highest BCUT2D eigenvalue weighted by Gasteiger charge is 2.03. The predicted octanol–water partition coefficient (Wildman–Crippen LogP) is 2.19. The molecule has 0 atom stereocenters. The van der Waals surface area contributed by atoms with Crippen molar-refractivity contribution in [2.45, 2.75) is 0 Å². The van der Waals surface area contributed by atoms with Gasteiger partial charge in [0.1, 0.15) is 5.52 Å². The molecule has 4 heteroatoms. The molecule has 2 aromatic rings. The quantitative estimate of drug-likeness (QED) is 0.784. The summed E-state index contributed by atoms with van der Waals surface area (Å²) in [5.74, 6) is 0.838. The molecule has 3 nitrogen and oxygen atoms in total. The fourth-order valence-corrected chi connectivity index (χ4v) is 1.66. The Balaban J connectivity index is 2.33. The van der Waals surface area contributed by atoms with Gasteiger partial charge in [-0.2, -0.15) is 12.6 Å². The predicted molar refractivity (Wildman–Crippen MR) is 61.1 cm³/mol. The van der Waals surface area contributed by atoms with E-state index in [0.29, 0.717) is 0 Å². The maximum atomic E-state index is 5.23. The Morgan fingerprint density at radius 2 is 2.36 bits per heavy atom. The zero-order valence-corrected chi connectivity index (χ0v) is 8.87. The summed E-state index contributed by atoms with van der Waals surface area (Å²) < 4.78 is 5.23. The number of hydrogen-bond donors (Lipinski definition) is 1. The zero-order valence-electron chi connectivity index (χ0n) is 7.97. The molecule has 0 bridgehead atoms. The van der Waals surface area contributed by atoms with Crippen LogP contribution in [0.5, 0.6) is 0 Å². The summed E-state index contributed by atoms with van der Waals surface area (Å²) in [6.45, 7) is 0.919. The van der Waals surface area contributed by atoms with Crippen LogP contribution >= 0.6 is 12.6 Å². The van der Waals surface area contributed by atoms with Gasteiger partial charge in [-0.1, -0.05) is 0 Å². The summed E-state index contributed by atoms with van der Waals surface area (Å²) in [6.07, 6.45) is 1.47. The molecule has 1 aromatic heterocycles. The second kappa shape index (κ2) is 3.92. The topological polar surface area (TPSA) is 29.3 Å². The highest BCUT2D eigenvalue weighted by atomic mass is 32.1. The van der Waals surface area contributed by atoms with Crippen molar-refractivity contribution in [3.8, 4) is 0 Å². The monoisotopic (exact) mass is 208 g/mol. The Morgan fingerprint density at radius 1 is 1.50 bits per heavy atom. The van der Waals surface area contributed by atoms with Gasteiger partial charge in [0.25, 0.3) is 0 Å². The summed E-state index contributed by atoms with van der Waals surface area (Å²) in [5.41, 5.74) is 2.85. The third kappa shape index (κ3) is 1.70. The minimum Gasteiger partial charge on any atom is -0.443 e.